The molecule has 0 saturated carbocycles. The lowest BCUT2D eigenvalue weighted by Gasteiger charge is -2.05. The maximum atomic E-state index is 10.4. The molecule has 20 heavy (non-hydrogen) atoms. The van der Waals surface area contributed by atoms with Gasteiger partial charge in [-0.3, -0.25) is 0 Å². The molecule has 0 aliphatic rings. The molecule has 104 valence electrons. The molecular formula is C14H10Cl2O3S. The molecular weight excluding hydrogens is 319 g/mol. The van der Waals surface area contributed by atoms with Crippen LogP contribution in [0.3, 0.4) is 0 Å². The van der Waals surface area contributed by atoms with Gasteiger partial charge in [0.05, 0.1) is 10.0 Å². The second-order valence-corrected chi connectivity index (χ2v) is 5.69. The Balaban J connectivity index is 1.97. The summed E-state index contributed by atoms with van der Waals surface area (Å²) in [6, 6.07) is 6.95. The lowest BCUT2D eigenvalue weighted by atomic mass is 10.3. The summed E-state index contributed by atoms with van der Waals surface area (Å²) >= 11 is 13.2. The summed E-state index contributed by atoms with van der Waals surface area (Å²) in [6.07, 6.45) is 2.65. The fourth-order valence-electron chi connectivity index (χ4n) is 1.45. The first-order valence-electron chi connectivity index (χ1n) is 5.61. The van der Waals surface area contributed by atoms with Crippen molar-refractivity contribution in [1.82, 2.24) is 0 Å². The Morgan fingerprint density at radius 3 is 2.80 bits per heavy atom. The van der Waals surface area contributed by atoms with Crippen molar-refractivity contribution in [2.24, 2.45) is 0 Å². The van der Waals surface area contributed by atoms with Crippen LogP contribution in [-0.2, 0) is 11.4 Å². The first-order chi connectivity index (χ1) is 9.54. The van der Waals surface area contributed by atoms with Crippen molar-refractivity contribution in [3.8, 4) is 5.75 Å². The molecule has 0 aliphatic carbocycles. The van der Waals surface area contributed by atoms with Crippen LogP contribution in [0.15, 0.2) is 35.7 Å². The molecule has 1 aromatic heterocycles. The van der Waals surface area contributed by atoms with Gasteiger partial charge in [-0.2, -0.15) is 0 Å². The van der Waals surface area contributed by atoms with E-state index in [-0.39, 0.29) is 0 Å². The van der Waals surface area contributed by atoms with Gasteiger partial charge in [0.1, 0.15) is 12.4 Å². The van der Waals surface area contributed by atoms with Crippen molar-refractivity contribution in [3.05, 3.63) is 56.2 Å². The molecule has 0 aliphatic heterocycles. The van der Waals surface area contributed by atoms with Crippen LogP contribution in [0.2, 0.25) is 10.0 Å². The average molecular weight is 329 g/mol. The highest BCUT2D eigenvalue weighted by Crippen LogP contribution is 2.27. The van der Waals surface area contributed by atoms with Gasteiger partial charge in [0.25, 0.3) is 0 Å². The van der Waals surface area contributed by atoms with Crippen LogP contribution in [0.5, 0.6) is 5.75 Å². The quantitative estimate of drug-likeness (QED) is 0.807. The Kier molecular flexibility index (Phi) is 5.06. The summed E-state index contributed by atoms with van der Waals surface area (Å²) in [5.74, 6) is -0.333. The van der Waals surface area contributed by atoms with E-state index >= 15 is 0 Å². The van der Waals surface area contributed by atoms with E-state index in [9.17, 15) is 4.79 Å². The summed E-state index contributed by atoms with van der Waals surface area (Å²) in [4.78, 5) is 11.4. The number of aliphatic carboxylic acids is 1. The number of ether oxygens (including phenoxy) is 1. The van der Waals surface area contributed by atoms with Crippen molar-refractivity contribution in [3.63, 3.8) is 0 Å². The van der Waals surface area contributed by atoms with Gasteiger partial charge in [0.15, 0.2) is 0 Å². The standard InChI is InChI=1S/C14H10Cl2O3S/c15-12-3-2-10(6-13(12)16)19-7-11-5-9(8-20-11)1-4-14(17)18/h1-6,8H,7H2,(H,17,18). The van der Waals surface area contributed by atoms with Gasteiger partial charge in [-0.15, -0.1) is 11.3 Å². The third kappa shape index (κ3) is 4.27. The summed E-state index contributed by atoms with van der Waals surface area (Å²) in [5, 5.41) is 11.3. The van der Waals surface area contributed by atoms with E-state index in [0.29, 0.717) is 22.4 Å². The zero-order chi connectivity index (χ0) is 14.5. The number of benzene rings is 1. The van der Waals surface area contributed by atoms with E-state index in [0.717, 1.165) is 16.5 Å². The van der Waals surface area contributed by atoms with Crippen molar-refractivity contribution in [2.75, 3.05) is 0 Å². The highest BCUT2D eigenvalue weighted by molar-refractivity contribution is 7.10. The van der Waals surface area contributed by atoms with Crippen molar-refractivity contribution < 1.29 is 14.6 Å². The van der Waals surface area contributed by atoms with Gasteiger partial charge in [-0.1, -0.05) is 23.2 Å². The van der Waals surface area contributed by atoms with Gasteiger partial charge >= 0.3 is 5.97 Å². The summed E-state index contributed by atoms with van der Waals surface area (Å²) in [7, 11) is 0. The topological polar surface area (TPSA) is 46.5 Å². The maximum absolute atomic E-state index is 10.4. The van der Waals surface area contributed by atoms with E-state index in [1.807, 2.05) is 11.4 Å². The summed E-state index contributed by atoms with van der Waals surface area (Å²) < 4.78 is 5.59. The molecule has 0 unspecified atom stereocenters. The van der Waals surface area contributed by atoms with Gasteiger partial charge in [0.2, 0.25) is 0 Å². The van der Waals surface area contributed by atoms with Gasteiger partial charge in [-0.05, 0) is 35.2 Å². The number of rotatable bonds is 5. The Bertz CT molecular complexity index is 650. The molecule has 0 fully saturated rings. The SMILES string of the molecule is O=C(O)C=Cc1csc(COc2ccc(Cl)c(Cl)c2)c1. The van der Waals surface area contributed by atoms with Crippen LogP contribution < -0.4 is 4.74 Å². The lowest BCUT2D eigenvalue weighted by Crippen LogP contribution is -1.92. The molecule has 0 saturated heterocycles. The highest BCUT2D eigenvalue weighted by atomic mass is 35.5. The molecule has 0 bridgehead atoms. The van der Waals surface area contributed by atoms with E-state index in [1.54, 1.807) is 24.3 Å². The third-order valence-corrected chi connectivity index (χ3v) is 4.03. The molecule has 2 rings (SSSR count). The Morgan fingerprint density at radius 2 is 2.10 bits per heavy atom. The highest BCUT2D eigenvalue weighted by Gasteiger charge is 2.03. The summed E-state index contributed by atoms with van der Waals surface area (Å²) in [5.41, 5.74) is 0.838. The first-order valence-corrected chi connectivity index (χ1v) is 7.24. The predicted octanol–water partition coefficient (Wildman–Crippen LogP) is 4.73. The second-order valence-electron chi connectivity index (χ2n) is 3.88. The molecule has 1 heterocycles. The number of carbonyl (C=O) groups is 1. The first kappa shape index (κ1) is 14.9. The van der Waals surface area contributed by atoms with Crippen LogP contribution >= 0.6 is 34.5 Å². The number of hydrogen-bond acceptors (Lipinski definition) is 3. The average Bonchev–Trinajstić information content (AvgIpc) is 2.86. The second kappa shape index (κ2) is 6.79. The van der Waals surface area contributed by atoms with Crippen LogP contribution in [0.25, 0.3) is 6.08 Å². The number of halogens is 2. The van der Waals surface area contributed by atoms with E-state index in [4.69, 9.17) is 33.0 Å². The van der Waals surface area contributed by atoms with Crippen LogP contribution in [-0.4, -0.2) is 11.1 Å². The molecule has 1 aromatic carbocycles. The van der Waals surface area contributed by atoms with Crippen LogP contribution in [0.4, 0.5) is 0 Å². The molecule has 3 nitrogen and oxygen atoms in total. The zero-order valence-corrected chi connectivity index (χ0v) is 12.5. The van der Waals surface area contributed by atoms with Gasteiger partial charge < -0.3 is 9.84 Å². The lowest BCUT2D eigenvalue weighted by molar-refractivity contribution is -0.131. The predicted molar refractivity (Wildman–Crippen MR) is 81.8 cm³/mol. The van der Waals surface area contributed by atoms with Crippen molar-refractivity contribution in [2.45, 2.75) is 6.61 Å². The molecule has 6 heteroatoms. The maximum Gasteiger partial charge on any atom is 0.328 e. The molecule has 0 radical (unpaired) electrons. The van der Waals surface area contributed by atoms with E-state index in [1.165, 1.54) is 11.3 Å². The number of carboxylic acids is 1. The normalized spacial score (nSPS) is 10.9. The third-order valence-electron chi connectivity index (χ3n) is 2.36. The van der Waals surface area contributed by atoms with E-state index in [2.05, 4.69) is 0 Å². The number of thiophene rings is 1. The van der Waals surface area contributed by atoms with Crippen molar-refractivity contribution >= 4 is 46.6 Å². The van der Waals surface area contributed by atoms with Gasteiger partial charge in [-0.25, -0.2) is 4.79 Å². The monoisotopic (exact) mass is 328 g/mol. The minimum absolute atomic E-state index is 0.392. The Labute approximate surface area is 130 Å². The Morgan fingerprint density at radius 1 is 1.30 bits per heavy atom. The Hall–Kier alpha value is -1.49. The molecule has 0 amide bonds. The zero-order valence-electron chi connectivity index (χ0n) is 10.2. The summed E-state index contributed by atoms with van der Waals surface area (Å²) in [6.45, 7) is 0.392. The fourth-order valence-corrected chi connectivity index (χ4v) is 2.50. The van der Waals surface area contributed by atoms with Crippen molar-refractivity contribution in [1.29, 1.82) is 0 Å². The minimum Gasteiger partial charge on any atom is -0.488 e. The number of carboxylic acid groups (broad SMARTS) is 1. The molecule has 1 N–H and O–H groups in total. The smallest absolute Gasteiger partial charge is 0.328 e. The molecule has 2 aromatic rings. The molecule has 0 spiro atoms. The molecule has 0 atom stereocenters. The van der Waals surface area contributed by atoms with Crippen LogP contribution in [0, 0.1) is 0 Å². The minimum atomic E-state index is -0.968. The van der Waals surface area contributed by atoms with Gasteiger partial charge in [0, 0.05) is 17.0 Å². The number of hydrogen-bond donors (Lipinski definition) is 1. The van der Waals surface area contributed by atoms with Crippen LogP contribution in [0.1, 0.15) is 10.4 Å². The van der Waals surface area contributed by atoms with E-state index < -0.39 is 5.97 Å². The largest absolute Gasteiger partial charge is 0.488 e. The fraction of sp³-hybridized carbons (Fsp3) is 0.0714.